The van der Waals surface area contributed by atoms with Crippen LogP contribution in [0, 0.1) is 6.08 Å². The van der Waals surface area contributed by atoms with Gasteiger partial charge < -0.3 is 37.2 Å². The minimum absolute atomic E-state index is 0. The summed E-state index contributed by atoms with van der Waals surface area (Å²) >= 11 is 9.28. The van der Waals surface area contributed by atoms with Gasteiger partial charge in [0, 0.05) is 0 Å². The van der Waals surface area contributed by atoms with Crippen LogP contribution in [0.1, 0.15) is 6.42 Å². The summed E-state index contributed by atoms with van der Waals surface area (Å²) < 4.78 is 0. The van der Waals surface area contributed by atoms with Crippen molar-refractivity contribution in [1.82, 2.24) is 0 Å². The van der Waals surface area contributed by atoms with Crippen LogP contribution in [0.15, 0.2) is 18.2 Å². The molecule has 0 aliphatic heterocycles. The second-order valence-electron chi connectivity index (χ2n) is 1.09. The fourth-order valence-electron chi connectivity index (χ4n) is 0.340. The van der Waals surface area contributed by atoms with Crippen molar-refractivity contribution < 1.29 is 58.9 Å². The molecule has 0 spiro atoms. The molecule has 1 rings (SSSR count). The molecule has 0 bridgehead atoms. The summed E-state index contributed by atoms with van der Waals surface area (Å²) in [4.78, 5) is 0. The van der Waals surface area contributed by atoms with Crippen molar-refractivity contribution in [2.45, 2.75) is 6.42 Å². The van der Waals surface area contributed by atoms with E-state index in [4.69, 9.17) is 0 Å². The first-order valence-corrected chi connectivity index (χ1v) is 3.03. The molecule has 0 amide bonds. The molecule has 12 heavy (non-hydrogen) atoms. The van der Waals surface area contributed by atoms with E-state index in [2.05, 4.69) is 35.1 Å². The summed E-state index contributed by atoms with van der Waals surface area (Å²) in [6, 6.07) is 0. The van der Waals surface area contributed by atoms with Gasteiger partial charge in [0.05, 0.1) is 0 Å². The predicted molar refractivity (Wildman–Crippen MR) is 39.0 cm³/mol. The third-order valence-corrected chi connectivity index (χ3v) is 0.586. The third kappa shape index (κ3) is 29.8. The zero-order chi connectivity index (χ0) is 6.24. The molecule has 0 aromatic carbocycles. The van der Waals surface area contributed by atoms with Gasteiger partial charge in [-0.1, -0.05) is 0 Å². The second-order valence-corrected chi connectivity index (χ2v) is 1.75. The molecule has 0 atom stereocenters. The Morgan fingerprint density at radius 1 is 1.17 bits per heavy atom. The minimum Gasteiger partial charge on any atom is -1.00 e. The molecular weight excluding hydrogens is 296 g/mol. The van der Waals surface area contributed by atoms with Crippen LogP contribution in [0.2, 0.25) is 0 Å². The molecule has 0 unspecified atom stereocenters. The first-order chi connectivity index (χ1) is 3.91. The first-order valence-electron chi connectivity index (χ1n) is 2.15. The predicted octanol–water partition coefficient (Wildman–Crippen LogP) is -6.69. The Morgan fingerprint density at radius 3 is 1.67 bits per heavy atom. The summed E-state index contributed by atoms with van der Waals surface area (Å²) in [5.74, 6) is 0. The van der Waals surface area contributed by atoms with Gasteiger partial charge in [-0.15, -0.1) is 6.42 Å². The summed E-state index contributed by atoms with van der Waals surface area (Å²) in [6.45, 7) is 0. The van der Waals surface area contributed by atoms with Crippen molar-refractivity contribution in [3.8, 4) is 0 Å². The quantitative estimate of drug-likeness (QED) is 0.308. The van der Waals surface area contributed by atoms with Crippen LogP contribution in [0.25, 0.3) is 0 Å². The smallest absolute Gasteiger partial charge is 1.00 e. The molecular formula is C5H5BCl5Ti. The van der Waals surface area contributed by atoms with Gasteiger partial charge in [-0.05, 0) is 0 Å². The summed E-state index contributed by atoms with van der Waals surface area (Å²) in [6.07, 6.45) is 10.9. The zero-order valence-electron chi connectivity index (χ0n) is 5.91. The number of halogens is 5. The van der Waals surface area contributed by atoms with Crippen LogP contribution in [0.3, 0.4) is 0 Å². The van der Waals surface area contributed by atoms with E-state index >= 15 is 0 Å². The van der Waals surface area contributed by atoms with E-state index in [9.17, 15) is 0 Å². The van der Waals surface area contributed by atoms with Crippen LogP contribution in [0.4, 0.5) is 0 Å². The third-order valence-electron chi connectivity index (χ3n) is 0.586. The molecule has 0 saturated heterocycles. The Kier molecular flexibility index (Phi) is 71.3. The van der Waals surface area contributed by atoms with Crippen LogP contribution < -0.4 is 37.2 Å². The van der Waals surface area contributed by atoms with Crippen LogP contribution in [-0.2, 0) is 21.7 Å². The summed E-state index contributed by atoms with van der Waals surface area (Å²) in [5, 5.41) is 0. The summed E-state index contributed by atoms with van der Waals surface area (Å²) in [7, 11) is 0. The first kappa shape index (κ1) is 29.2. The Morgan fingerprint density at radius 2 is 1.58 bits per heavy atom. The Labute approximate surface area is 118 Å². The molecule has 0 N–H and O–H groups in total. The Hall–Kier alpha value is 1.71. The van der Waals surface area contributed by atoms with Crippen LogP contribution in [0.5, 0.6) is 0 Å². The maximum absolute atomic E-state index is 4.64. The van der Waals surface area contributed by atoms with Crippen molar-refractivity contribution in [1.29, 1.82) is 0 Å². The molecule has 0 fully saturated rings. The van der Waals surface area contributed by atoms with Gasteiger partial charge in [0.15, 0.2) is 0 Å². The van der Waals surface area contributed by atoms with Gasteiger partial charge in [0.2, 0.25) is 0 Å². The van der Waals surface area contributed by atoms with Crippen LogP contribution in [-0.4, -0.2) is 6.11 Å². The fraction of sp³-hybridized carbons (Fsp3) is 0.200. The molecule has 0 aromatic heterocycles. The van der Waals surface area contributed by atoms with Gasteiger partial charge in [0.25, 0.3) is 0 Å². The number of hydrogen-bond acceptors (Lipinski definition) is 0. The maximum atomic E-state index is 4.64. The number of rotatable bonds is 0. The largest absolute Gasteiger partial charge is 4.00 e. The van der Waals surface area contributed by atoms with Crippen molar-refractivity contribution in [2.75, 3.05) is 0 Å². The van der Waals surface area contributed by atoms with Gasteiger partial charge >= 0.3 is 27.8 Å². The number of allylic oxidation sites excluding steroid dienone is 4. The molecule has 1 aliphatic rings. The van der Waals surface area contributed by atoms with E-state index in [1.165, 1.54) is 0 Å². The number of hydrogen-bond donors (Lipinski definition) is 0. The van der Waals surface area contributed by atoms with Crippen molar-refractivity contribution in [3.63, 3.8) is 0 Å². The van der Waals surface area contributed by atoms with E-state index in [1.807, 2.05) is 12.2 Å². The second kappa shape index (κ2) is 29.3. The topological polar surface area (TPSA) is 0 Å². The Balaban J connectivity index is -0.0000000219. The van der Waals surface area contributed by atoms with Crippen LogP contribution >= 0.6 is 22.9 Å². The van der Waals surface area contributed by atoms with Crippen molar-refractivity contribution in [3.05, 3.63) is 24.3 Å². The molecule has 0 nitrogen and oxygen atoms in total. The maximum Gasteiger partial charge on any atom is 4.00 e. The van der Waals surface area contributed by atoms with Gasteiger partial charge in [-0.3, -0.25) is 6.08 Å². The SMILES string of the molecule is Cl[B]Cl.[C-]1=CC=CC1.[Cl-].[Cl-].[Cl-].[Ti+4]. The molecule has 0 saturated carbocycles. The van der Waals surface area contributed by atoms with E-state index in [0.717, 1.165) is 12.5 Å². The van der Waals surface area contributed by atoms with E-state index in [-0.39, 0.29) is 58.9 Å². The monoisotopic (exact) mass is 299 g/mol. The Bertz CT molecular complexity index is 87.8. The molecule has 7 heteroatoms. The van der Waals surface area contributed by atoms with Crippen molar-refractivity contribution >= 4 is 29.0 Å². The molecule has 1 aliphatic carbocycles. The van der Waals surface area contributed by atoms with Crippen molar-refractivity contribution in [2.24, 2.45) is 0 Å². The van der Waals surface area contributed by atoms with Gasteiger partial charge in [-0.25, -0.2) is 12.2 Å². The van der Waals surface area contributed by atoms with E-state index in [0.29, 0.717) is 0 Å². The molecule has 67 valence electrons. The summed E-state index contributed by atoms with van der Waals surface area (Å²) in [5.41, 5.74) is 0. The molecule has 0 aromatic rings. The fourth-order valence-corrected chi connectivity index (χ4v) is 0.340. The van der Waals surface area contributed by atoms with Gasteiger partial charge in [-0.2, -0.15) is 29.0 Å². The average Bonchev–Trinajstić information content (AvgIpc) is 2.17. The molecule has 0 heterocycles. The zero-order valence-corrected chi connectivity index (χ0v) is 11.2. The molecule has 1 radical (unpaired) electrons. The normalized spacial score (nSPS) is 8.50. The average molecular weight is 301 g/mol. The van der Waals surface area contributed by atoms with Gasteiger partial charge in [0.1, 0.15) is 0 Å². The van der Waals surface area contributed by atoms with E-state index < -0.39 is 0 Å². The standard InChI is InChI=1S/C5H5.BCl2.3ClH.Ti/c1-2-4-5-3-1;2-1-3;;;;/h1-3H,4H2;;3*1H;/q-1;;;;;+4/p-3. The minimum atomic E-state index is 0. The van der Waals surface area contributed by atoms with E-state index in [1.54, 1.807) is 0 Å².